The molecule has 4 rings (SSSR count). The van der Waals surface area contributed by atoms with Crippen LogP contribution < -0.4 is 10.1 Å². The zero-order valence-corrected chi connectivity index (χ0v) is 24.2. The van der Waals surface area contributed by atoms with Crippen LogP contribution in [0.3, 0.4) is 0 Å². The minimum Gasteiger partial charge on any atom is -0.457 e. The summed E-state index contributed by atoms with van der Waals surface area (Å²) < 4.78 is 6.25. The first-order valence-electron chi connectivity index (χ1n) is 13.6. The van der Waals surface area contributed by atoms with Crippen LogP contribution in [0.5, 0.6) is 11.5 Å². The van der Waals surface area contributed by atoms with E-state index in [9.17, 15) is 9.59 Å². The molecule has 0 saturated carbocycles. The average molecular weight is 557 g/mol. The summed E-state index contributed by atoms with van der Waals surface area (Å²) >= 11 is 1.14. The highest BCUT2D eigenvalue weighted by molar-refractivity contribution is 8.26. The summed E-state index contributed by atoms with van der Waals surface area (Å²) in [5, 5.41) is 20.1. The molecule has 0 aromatic heterocycles. The number of nitrogens with zero attached hydrogens (tertiary/aromatic N) is 1. The zero-order chi connectivity index (χ0) is 28.8. The predicted octanol–water partition coefficient (Wildman–Crippen LogP) is 7.67. The van der Waals surface area contributed by atoms with E-state index in [1.807, 2.05) is 49.1 Å². The molecule has 0 radical (unpaired) electrons. The van der Waals surface area contributed by atoms with Gasteiger partial charge < -0.3 is 15.0 Å². The van der Waals surface area contributed by atoms with Gasteiger partial charge >= 0.3 is 0 Å². The van der Waals surface area contributed by atoms with Crippen LogP contribution in [-0.2, 0) is 11.3 Å². The Balaban J connectivity index is 1.55. The lowest BCUT2D eigenvalue weighted by Gasteiger charge is -2.19. The van der Waals surface area contributed by atoms with Crippen molar-refractivity contribution in [2.24, 2.45) is 5.92 Å². The summed E-state index contributed by atoms with van der Waals surface area (Å²) in [6, 6.07) is 20.3. The molecule has 0 spiro atoms. The molecule has 1 aliphatic rings. The van der Waals surface area contributed by atoms with Gasteiger partial charge in [-0.3, -0.25) is 20.4 Å². The molecule has 0 bridgehead atoms. The van der Waals surface area contributed by atoms with Crippen LogP contribution >= 0.6 is 11.8 Å². The minimum atomic E-state index is -0.251. The van der Waals surface area contributed by atoms with E-state index in [4.69, 9.17) is 15.6 Å². The number of anilines is 1. The van der Waals surface area contributed by atoms with Gasteiger partial charge in [-0.2, -0.15) is 0 Å². The van der Waals surface area contributed by atoms with E-state index in [0.717, 1.165) is 23.7 Å². The molecule has 40 heavy (non-hydrogen) atoms. The summed E-state index contributed by atoms with van der Waals surface area (Å²) in [4.78, 5) is 27.2. The summed E-state index contributed by atoms with van der Waals surface area (Å²) in [7, 11) is 0. The quantitative estimate of drug-likeness (QED) is 0.186. The van der Waals surface area contributed by atoms with Crippen molar-refractivity contribution >= 4 is 39.4 Å². The number of nitrogens with one attached hydrogen (secondary N) is 3. The molecule has 0 unspecified atom stereocenters. The second kappa shape index (κ2) is 13.0. The molecule has 208 valence electrons. The van der Waals surface area contributed by atoms with Crippen molar-refractivity contribution in [3.63, 3.8) is 0 Å². The summed E-state index contributed by atoms with van der Waals surface area (Å²) in [6.45, 7) is 9.23. The Morgan fingerprint density at radius 2 is 1.65 bits per heavy atom. The SMILES string of the molecule is CC(C)C(=N)SC(=N)c1ccc(Oc2cc(C(=O)Nc3ccc(C(C)C)cc3)ccc2CN2CCCC2=O)cc1. The van der Waals surface area contributed by atoms with Crippen molar-refractivity contribution in [2.75, 3.05) is 11.9 Å². The Morgan fingerprint density at radius 3 is 2.25 bits per heavy atom. The number of likely N-dealkylation sites (tertiary alicyclic amines) is 1. The first kappa shape index (κ1) is 29.1. The fraction of sp³-hybridized carbons (Fsp3) is 0.312. The lowest BCUT2D eigenvalue weighted by molar-refractivity contribution is -0.128. The highest BCUT2D eigenvalue weighted by Crippen LogP contribution is 2.30. The van der Waals surface area contributed by atoms with E-state index in [1.165, 1.54) is 5.56 Å². The first-order valence-corrected chi connectivity index (χ1v) is 14.4. The van der Waals surface area contributed by atoms with Gasteiger partial charge in [0.1, 0.15) is 16.5 Å². The Morgan fingerprint density at radius 1 is 0.975 bits per heavy atom. The van der Waals surface area contributed by atoms with E-state index in [0.29, 0.717) is 63.8 Å². The average Bonchev–Trinajstić information content (AvgIpc) is 3.34. The summed E-state index contributed by atoms with van der Waals surface area (Å²) in [5.41, 5.74) is 3.87. The lowest BCUT2D eigenvalue weighted by Crippen LogP contribution is -2.24. The van der Waals surface area contributed by atoms with Crippen LogP contribution in [0.2, 0.25) is 0 Å². The topological polar surface area (TPSA) is 106 Å². The van der Waals surface area contributed by atoms with Gasteiger partial charge in [0.05, 0.1) is 5.04 Å². The maximum Gasteiger partial charge on any atom is 0.255 e. The maximum atomic E-state index is 13.1. The van der Waals surface area contributed by atoms with Gasteiger partial charge in [0, 0.05) is 47.8 Å². The number of hydrogen-bond donors (Lipinski definition) is 3. The van der Waals surface area contributed by atoms with Crippen molar-refractivity contribution in [1.82, 2.24) is 4.90 Å². The highest BCUT2D eigenvalue weighted by atomic mass is 32.2. The van der Waals surface area contributed by atoms with Crippen molar-refractivity contribution in [3.05, 3.63) is 89.0 Å². The molecule has 1 heterocycles. The molecule has 1 saturated heterocycles. The van der Waals surface area contributed by atoms with Crippen LogP contribution in [-0.4, -0.2) is 33.3 Å². The van der Waals surface area contributed by atoms with Crippen LogP contribution in [0.4, 0.5) is 5.69 Å². The third kappa shape index (κ3) is 7.39. The number of hydrogen-bond acceptors (Lipinski definition) is 6. The smallest absolute Gasteiger partial charge is 0.255 e. The summed E-state index contributed by atoms with van der Waals surface area (Å²) in [5.74, 6) is 1.39. The molecule has 7 nitrogen and oxygen atoms in total. The van der Waals surface area contributed by atoms with E-state index in [1.54, 1.807) is 36.4 Å². The molecule has 2 amide bonds. The van der Waals surface area contributed by atoms with Crippen molar-refractivity contribution < 1.29 is 14.3 Å². The molecule has 3 N–H and O–H groups in total. The van der Waals surface area contributed by atoms with Crippen LogP contribution in [0, 0.1) is 16.7 Å². The van der Waals surface area contributed by atoms with Crippen LogP contribution in [0.15, 0.2) is 66.7 Å². The number of rotatable bonds is 9. The Labute approximate surface area is 240 Å². The van der Waals surface area contributed by atoms with Crippen molar-refractivity contribution in [2.45, 2.75) is 53.0 Å². The largest absolute Gasteiger partial charge is 0.457 e. The predicted molar refractivity (Wildman–Crippen MR) is 163 cm³/mol. The Bertz CT molecular complexity index is 1400. The Kier molecular flexibility index (Phi) is 9.42. The maximum absolute atomic E-state index is 13.1. The number of benzene rings is 3. The molecule has 0 atom stereocenters. The number of thioether (sulfide) groups is 1. The molecule has 1 fully saturated rings. The monoisotopic (exact) mass is 556 g/mol. The molecule has 0 aliphatic carbocycles. The van der Waals surface area contributed by atoms with E-state index in [-0.39, 0.29) is 17.7 Å². The molecular weight excluding hydrogens is 520 g/mol. The number of amides is 2. The fourth-order valence-electron chi connectivity index (χ4n) is 4.24. The second-order valence-corrected chi connectivity index (χ2v) is 11.6. The van der Waals surface area contributed by atoms with Gasteiger partial charge in [0.25, 0.3) is 5.91 Å². The van der Waals surface area contributed by atoms with Gasteiger partial charge in [-0.25, -0.2) is 0 Å². The third-order valence-corrected chi connectivity index (χ3v) is 7.91. The van der Waals surface area contributed by atoms with E-state index >= 15 is 0 Å². The van der Waals surface area contributed by atoms with Gasteiger partial charge in [-0.05, 0) is 66.4 Å². The first-order chi connectivity index (χ1) is 19.1. The fourth-order valence-corrected chi connectivity index (χ4v) is 4.95. The number of ether oxygens (including phenoxy) is 1. The van der Waals surface area contributed by atoms with Crippen LogP contribution in [0.1, 0.15) is 73.5 Å². The van der Waals surface area contributed by atoms with Gasteiger partial charge in [-0.15, -0.1) is 0 Å². The Hall–Kier alpha value is -3.91. The summed E-state index contributed by atoms with van der Waals surface area (Å²) in [6.07, 6.45) is 1.39. The molecule has 8 heteroatoms. The number of carbonyl (C=O) groups is 2. The van der Waals surface area contributed by atoms with Crippen molar-refractivity contribution in [1.29, 1.82) is 10.8 Å². The molecule has 1 aliphatic heterocycles. The van der Waals surface area contributed by atoms with Crippen LogP contribution in [0.25, 0.3) is 0 Å². The molecule has 3 aromatic carbocycles. The van der Waals surface area contributed by atoms with Gasteiger partial charge in [0.2, 0.25) is 5.91 Å². The standard InChI is InChI=1S/C32H36N4O3S/c1-20(2)22-9-13-26(14-10-22)35-32(38)24-7-8-25(19-36-17-5-6-29(36)37)28(18-24)39-27-15-11-23(12-16-27)31(34)40-30(33)21(3)4/h7-16,18,20-21,33-34H,5-6,17,19H2,1-4H3,(H,35,38). The lowest BCUT2D eigenvalue weighted by atomic mass is 10.0. The minimum absolute atomic E-state index is 0.0674. The van der Waals surface area contributed by atoms with Crippen molar-refractivity contribution in [3.8, 4) is 11.5 Å². The molecule has 3 aromatic rings. The van der Waals surface area contributed by atoms with E-state index in [2.05, 4.69) is 19.2 Å². The van der Waals surface area contributed by atoms with Gasteiger partial charge in [-0.1, -0.05) is 57.7 Å². The third-order valence-electron chi connectivity index (χ3n) is 6.78. The van der Waals surface area contributed by atoms with Gasteiger partial charge in [0.15, 0.2) is 0 Å². The highest BCUT2D eigenvalue weighted by Gasteiger charge is 2.22. The molecular formula is C32H36N4O3S. The normalized spacial score (nSPS) is 13.2. The number of carbonyl (C=O) groups excluding carboxylic acids is 2. The zero-order valence-electron chi connectivity index (χ0n) is 23.4. The van der Waals surface area contributed by atoms with E-state index < -0.39 is 0 Å². The second-order valence-electron chi connectivity index (χ2n) is 10.5.